The van der Waals surface area contributed by atoms with Gasteiger partial charge in [-0.05, 0) is 55.2 Å². The Labute approximate surface area is 128 Å². The second-order valence-corrected chi connectivity index (χ2v) is 6.02. The van der Waals surface area contributed by atoms with Crippen molar-refractivity contribution in [2.24, 2.45) is 0 Å². The largest absolute Gasteiger partial charge is 0.326 e. The fourth-order valence-corrected chi connectivity index (χ4v) is 2.38. The molecular weight excluding hydrogens is 314 g/mol. The van der Waals surface area contributed by atoms with Crippen molar-refractivity contribution in [3.05, 3.63) is 63.1 Å². The van der Waals surface area contributed by atoms with E-state index >= 15 is 0 Å². The number of hydrogen-bond donors (Lipinski definition) is 1. The third kappa shape index (κ3) is 3.70. The van der Waals surface area contributed by atoms with E-state index in [0.29, 0.717) is 6.42 Å². The molecule has 0 saturated carbocycles. The van der Waals surface area contributed by atoms with Gasteiger partial charge in [-0.2, -0.15) is 0 Å². The first kappa shape index (κ1) is 14.8. The van der Waals surface area contributed by atoms with Gasteiger partial charge < -0.3 is 5.32 Å². The molecule has 20 heavy (non-hydrogen) atoms. The number of anilines is 1. The van der Waals surface area contributed by atoms with Crippen molar-refractivity contribution in [1.29, 1.82) is 0 Å². The summed E-state index contributed by atoms with van der Waals surface area (Å²) in [6.45, 7) is 6.12. The Morgan fingerprint density at radius 3 is 2.40 bits per heavy atom. The Morgan fingerprint density at radius 1 is 1.00 bits per heavy atom. The lowest BCUT2D eigenvalue weighted by molar-refractivity contribution is -0.115. The van der Waals surface area contributed by atoms with Crippen LogP contribution in [-0.4, -0.2) is 5.91 Å². The molecule has 1 amide bonds. The van der Waals surface area contributed by atoms with E-state index in [1.165, 1.54) is 11.1 Å². The molecular formula is C17H18BrNO. The van der Waals surface area contributed by atoms with Crippen molar-refractivity contribution in [3.63, 3.8) is 0 Å². The molecule has 104 valence electrons. The quantitative estimate of drug-likeness (QED) is 0.877. The lowest BCUT2D eigenvalue weighted by Crippen LogP contribution is -2.15. The van der Waals surface area contributed by atoms with Crippen LogP contribution in [0.25, 0.3) is 0 Å². The maximum absolute atomic E-state index is 12.1. The van der Waals surface area contributed by atoms with Gasteiger partial charge in [-0.3, -0.25) is 4.79 Å². The second kappa shape index (κ2) is 6.23. The summed E-state index contributed by atoms with van der Waals surface area (Å²) < 4.78 is 0.963. The second-order valence-electron chi connectivity index (χ2n) is 5.10. The van der Waals surface area contributed by atoms with Gasteiger partial charge in [-0.15, -0.1) is 0 Å². The Balaban J connectivity index is 2.09. The summed E-state index contributed by atoms with van der Waals surface area (Å²) in [7, 11) is 0. The molecule has 2 rings (SSSR count). The molecule has 0 radical (unpaired) electrons. The zero-order chi connectivity index (χ0) is 14.7. The van der Waals surface area contributed by atoms with Gasteiger partial charge in [0.05, 0.1) is 6.42 Å². The van der Waals surface area contributed by atoms with E-state index in [4.69, 9.17) is 0 Å². The number of carbonyl (C=O) groups is 1. The molecule has 0 fully saturated rings. The number of amides is 1. The summed E-state index contributed by atoms with van der Waals surface area (Å²) in [5.74, 6) is 0.00875. The molecule has 3 heteroatoms. The first-order chi connectivity index (χ1) is 9.45. The molecule has 2 aromatic rings. The van der Waals surface area contributed by atoms with Crippen LogP contribution in [0.15, 0.2) is 40.9 Å². The van der Waals surface area contributed by atoms with Gasteiger partial charge in [0.15, 0.2) is 0 Å². The fraction of sp³-hybridized carbons (Fsp3) is 0.235. The van der Waals surface area contributed by atoms with Crippen molar-refractivity contribution in [1.82, 2.24) is 0 Å². The molecule has 0 aliphatic rings. The van der Waals surface area contributed by atoms with Crippen molar-refractivity contribution in [3.8, 4) is 0 Å². The summed E-state index contributed by atoms with van der Waals surface area (Å²) in [5, 5.41) is 2.96. The fourth-order valence-electron chi connectivity index (χ4n) is 2.02. The summed E-state index contributed by atoms with van der Waals surface area (Å²) in [4.78, 5) is 12.1. The minimum absolute atomic E-state index is 0.00875. The molecule has 1 N–H and O–H groups in total. The first-order valence-electron chi connectivity index (χ1n) is 6.58. The van der Waals surface area contributed by atoms with Gasteiger partial charge in [0, 0.05) is 10.2 Å². The van der Waals surface area contributed by atoms with E-state index in [9.17, 15) is 4.79 Å². The number of aryl methyl sites for hydroxylation is 3. The lowest BCUT2D eigenvalue weighted by atomic mass is 10.0. The third-order valence-corrected chi connectivity index (χ3v) is 3.90. The normalized spacial score (nSPS) is 10.4. The van der Waals surface area contributed by atoms with Crippen LogP contribution in [0.5, 0.6) is 0 Å². The number of nitrogens with one attached hydrogen (secondary N) is 1. The monoisotopic (exact) mass is 331 g/mol. The molecule has 0 spiro atoms. The molecule has 2 nitrogen and oxygen atoms in total. The van der Waals surface area contributed by atoms with Crippen molar-refractivity contribution < 1.29 is 4.79 Å². The van der Waals surface area contributed by atoms with Gasteiger partial charge in [-0.25, -0.2) is 0 Å². The van der Waals surface area contributed by atoms with Crippen LogP contribution in [0, 0.1) is 20.8 Å². The van der Waals surface area contributed by atoms with Crippen molar-refractivity contribution in [2.75, 3.05) is 5.32 Å². The standard InChI is InChI=1S/C17H18BrNO/c1-11-4-6-14(8-13(11)3)9-17(20)19-16-10-15(18)7-5-12(16)2/h4-8,10H,9H2,1-3H3,(H,19,20). The van der Waals surface area contributed by atoms with E-state index in [1.54, 1.807) is 0 Å². The van der Waals surface area contributed by atoms with Crippen molar-refractivity contribution in [2.45, 2.75) is 27.2 Å². The average Bonchev–Trinajstić information content (AvgIpc) is 2.38. The summed E-state index contributed by atoms with van der Waals surface area (Å²) in [6, 6.07) is 12.0. The van der Waals surface area contributed by atoms with Crippen LogP contribution in [0.1, 0.15) is 22.3 Å². The highest BCUT2D eigenvalue weighted by atomic mass is 79.9. The number of hydrogen-bond acceptors (Lipinski definition) is 1. The first-order valence-corrected chi connectivity index (χ1v) is 7.37. The lowest BCUT2D eigenvalue weighted by Gasteiger charge is -2.10. The Kier molecular flexibility index (Phi) is 4.61. The molecule has 0 atom stereocenters. The number of rotatable bonds is 3. The molecule has 2 aromatic carbocycles. The smallest absolute Gasteiger partial charge is 0.228 e. The minimum Gasteiger partial charge on any atom is -0.326 e. The van der Waals surface area contributed by atoms with Crippen molar-refractivity contribution >= 4 is 27.5 Å². The third-order valence-electron chi connectivity index (χ3n) is 3.41. The average molecular weight is 332 g/mol. The maximum Gasteiger partial charge on any atom is 0.228 e. The Bertz CT molecular complexity index is 649. The number of halogens is 1. The summed E-state index contributed by atoms with van der Waals surface area (Å²) in [6.07, 6.45) is 0.396. The predicted octanol–water partition coefficient (Wildman–Crippen LogP) is 4.56. The van der Waals surface area contributed by atoms with Gasteiger partial charge in [0.2, 0.25) is 5.91 Å². The zero-order valence-electron chi connectivity index (χ0n) is 12.0. The SMILES string of the molecule is Cc1ccc(CC(=O)Nc2cc(Br)ccc2C)cc1C. The summed E-state index contributed by atoms with van der Waals surface area (Å²) >= 11 is 3.42. The highest BCUT2D eigenvalue weighted by Gasteiger charge is 2.07. The molecule has 0 aliphatic carbocycles. The molecule has 0 heterocycles. The Morgan fingerprint density at radius 2 is 1.70 bits per heavy atom. The highest BCUT2D eigenvalue weighted by molar-refractivity contribution is 9.10. The molecule has 0 aliphatic heterocycles. The summed E-state index contributed by atoms with van der Waals surface area (Å²) in [5.41, 5.74) is 5.42. The Hall–Kier alpha value is -1.61. The number of benzene rings is 2. The minimum atomic E-state index is 0.00875. The van der Waals surface area contributed by atoms with Crippen LogP contribution >= 0.6 is 15.9 Å². The van der Waals surface area contributed by atoms with E-state index in [0.717, 1.165) is 21.3 Å². The van der Waals surface area contributed by atoms with Crippen LogP contribution in [-0.2, 0) is 11.2 Å². The molecule has 0 bridgehead atoms. The molecule has 0 unspecified atom stereocenters. The highest BCUT2D eigenvalue weighted by Crippen LogP contribution is 2.21. The molecule has 0 saturated heterocycles. The topological polar surface area (TPSA) is 29.1 Å². The van der Waals surface area contributed by atoms with Gasteiger partial charge >= 0.3 is 0 Å². The van der Waals surface area contributed by atoms with E-state index in [-0.39, 0.29) is 5.91 Å². The van der Waals surface area contributed by atoms with Crippen LogP contribution < -0.4 is 5.32 Å². The zero-order valence-corrected chi connectivity index (χ0v) is 13.5. The predicted molar refractivity (Wildman–Crippen MR) is 87.1 cm³/mol. The number of carbonyl (C=O) groups excluding carboxylic acids is 1. The van der Waals surface area contributed by atoms with Crippen LogP contribution in [0.4, 0.5) is 5.69 Å². The van der Waals surface area contributed by atoms with E-state index in [1.807, 2.05) is 31.2 Å². The van der Waals surface area contributed by atoms with Crippen LogP contribution in [0.3, 0.4) is 0 Å². The van der Waals surface area contributed by atoms with Gasteiger partial charge in [0.25, 0.3) is 0 Å². The van der Waals surface area contributed by atoms with E-state index < -0.39 is 0 Å². The maximum atomic E-state index is 12.1. The van der Waals surface area contributed by atoms with Gasteiger partial charge in [0.1, 0.15) is 0 Å². The van der Waals surface area contributed by atoms with Gasteiger partial charge in [-0.1, -0.05) is 40.2 Å². The van der Waals surface area contributed by atoms with E-state index in [2.05, 4.69) is 47.2 Å². The van der Waals surface area contributed by atoms with Crippen LogP contribution in [0.2, 0.25) is 0 Å². The molecule has 0 aromatic heterocycles.